The van der Waals surface area contributed by atoms with Crippen molar-refractivity contribution in [3.05, 3.63) is 72.1 Å². The molecule has 3 rings (SSSR count). The fourth-order valence-corrected chi connectivity index (χ4v) is 2.95. The summed E-state index contributed by atoms with van der Waals surface area (Å²) in [5.74, 6) is -1.85. The summed E-state index contributed by atoms with van der Waals surface area (Å²) in [5.41, 5.74) is 2.10. The van der Waals surface area contributed by atoms with Gasteiger partial charge in [0.15, 0.2) is 0 Å². The van der Waals surface area contributed by atoms with Gasteiger partial charge in [0.25, 0.3) is 0 Å². The molecule has 162 valence electrons. The number of hydrogen-bond donors (Lipinski definition) is 1. The van der Waals surface area contributed by atoms with Gasteiger partial charge >= 0.3 is 12.1 Å². The Balaban J connectivity index is 1.62. The van der Waals surface area contributed by atoms with Gasteiger partial charge in [0.05, 0.1) is 12.1 Å². The van der Waals surface area contributed by atoms with Crippen LogP contribution < -0.4 is 5.32 Å². The Morgan fingerprint density at radius 3 is 2.52 bits per heavy atom. The Kier molecular flexibility index (Phi) is 6.74. The summed E-state index contributed by atoms with van der Waals surface area (Å²) in [6, 6.07) is 15.6. The largest absolute Gasteiger partial charge is 0.471 e. The van der Waals surface area contributed by atoms with Gasteiger partial charge in [-0.05, 0) is 36.8 Å². The summed E-state index contributed by atoms with van der Waals surface area (Å²) in [7, 11) is 0. The minimum absolute atomic E-state index is 0.0335. The molecule has 0 saturated heterocycles. The van der Waals surface area contributed by atoms with E-state index in [2.05, 4.69) is 10.3 Å². The topological polar surface area (TPSA) is 75.4 Å². The van der Waals surface area contributed by atoms with Crippen LogP contribution in [0.1, 0.15) is 18.2 Å². The number of alkyl halides is 3. The first-order valence-electron chi connectivity index (χ1n) is 9.51. The molecule has 0 atom stereocenters. The third-order valence-corrected chi connectivity index (χ3v) is 4.41. The van der Waals surface area contributed by atoms with E-state index in [-0.39, 0.29) is 25.4 Å². The van der Waals surface area contributed by atoms with Crippen LogP contribution in [0.5, 0.6) is 0 Å². The molecule has 0 saturated carbocycles. The van der Waals surface area contributed by atoms with Gasteiger partial charge in [-0.2, -0.15) is 13.2 Å². The number of halogens is 3. The molecule has 9 heteroatoms. The minimum atomic E-state index is -4.93. The quantitative estimate of drug-likeness (QED) is 0.600. The average molecular weight is 431 g/mol. The average Bonchev–Trinajstić information content (AvgIpc) is 3.20. The molecule has 31 heavy (non-hydrogen) atoms. The fourth-order valence-electron chi connectivity index (χ4n) is 2.95. The summed E-state index contributed by atoms with van der Waals surface area (Å²) in [5, 5.41) is 2.68. The number of benzene rings is 2. The number of carbonyl (C=O) groups excluding carboxylic acids is 2. The first-order valence-corrected chi connectivity index (χ1v) is 9.51. The highest BCUT2D eigenvalue weighted by Crippen LogP contribution is 2.21. The van der Waals surface area contributed by atoms with Crippen LogP contribution in [0.3, 0.4) is 0 Å². The maximum atomic E-state index is 12.7. The number of anilines is 1. The first-order chi connectivity index (χ1) is 14.8. The SMILES string of the molecule is CCN(Cc1cccc(NC(=O)Cc2coc(-c3ccccc3)n2)c1)C(=O)C(F)(F)F. The number of oxazole rings is 1. The minimum Gasteiger partial charge on any atom is -0.444 e. The number of nitrogens with zero attached hydrogens (tertiary/aromatic N) is 2. The summed E-state index contributed by atoms with van der Waals surface area (Å²) < 4.78 is 43.5. The molecular weight excluding hydrogens is 411 g/mol. The van der Waals surface area contributed by atoms with Gasteiger partial charge < -0.3 is 14.6 Å². The molecule has 0 aliphatic carbocycles. The van der Waals surface area contributed by atoms with Crippen molar-refractivity contribution < 1.29 is 27.2 Å². The van der Waals surface area contributed by atoms with Gasteiger partial charge in [-0.15, -0.1) is 0 Å². The molecule has 0 spiro atoms. The highest BCUT2D eigenvalue weighted by atomic mass is 19.4. The molecule has 0 aliphatic rings. The predicted molar refractivity (Wildman–Crippen MR) is 108 cm³/mol. The third kappa shape index (κ3) is 5.94. The van der Waals surface area contributed by atoms with Gasteiger partial charge in [0.1, 0.15) is 6.26 Å². The van der Waals surface area contributed by atoms with E-state index < -0.39 is 12.1 Å². The van der Waals surface area contributed by atoms with Crippen LogP contribution in [0, 0.1) is 0 Å². The number of carbonyl (C=O) groups is 2. The summed E-state index contributed by atoms with van der Waals surface area (Å²) >= 11 is 0. The van der Waals surface area contributed by atoms with Gasteiger partial charge in [-0.3, -0.25) is 9.59 Å². The van der Waals surface area contributed by atoms with Crippen molar-refractivity contribution in [2.75, 3.05) is 11.9 Å². The molecule has 1 heterocycles. The molecule has 0 unspecified atom stereocenters. The van der Waals surface area contributed by atoms with E-state index in [0.29, 0.717) is 27.7 Å². The van der Waals surface area contributed by atoms with Gasteiger partial charge in [0.2, 0.25) is 11.8 Å². The Hall–Kier alpha value is -3.62. The smallest absolute Gasteiger partial charge is 0.444 e. The number of amides is 2. The molecular formula is C22H20F3N3O3. The molecule has 0 radical (unpaired) electrons. The molecule has 3 aromatic rings. The number of hydrogen-bond acceptors (Lipinski definition) is 4. The molecule has 1 aromatic heterocycles. The predicted octanol–water partition coefficient (Wildman–Crippen LogP) is 4.43. The molecule has 0 aliphatic heterocycles. The highest BCUT2D eigenvalue weighted by Gasteiger charge is 2.41. The van der Waals surface area contributed by atoms with Crippen LogP contribution in [-0.2, 0) is 22.6 Å². The van der Waals surface area contributed by atoms with Crippen molar-refractivity contribution in [3.63, 3.8) is 0 Å². The van der Waals surface area contributed by atoms with Crippen molar-refractivity contribution >= 4 is 17.5 Å². The van der Waals surface area contributed by atoms with E-state index in [0.717, 1.165) is 5.56 Å². The highest BCUT2D eigenvalue weighted by molar-refractivity contribution is 5.92. The van der Waals surface area contributed by atoms with E-state index in [9.17, 15) is 22.8 Å². The molecule has 0 fully saturated rings. The maximum Gasteiger partial charge on any atom is 0.471 e. The van der Waals surface area contributed by atoms with Crippen LogP contribution in [-0.4, -0.2) is 34.4 Å². The second kappa shape index (κ2) is 9.46. The Bertz CT molecular complexity index is 1050. The van der Waals surface area contributed by atoms with Gasteiger partial charge in [0, 0.05) is 24.3 Å². The Morgan fingerprint density at radius 1 is 1.10 bits per heavy atom. The van der Waals surface area contributed by atoms with Crippen LogP contribution in [0.25, 0.3) is 11.5 Å². The fraction of sp³-hybridized carbons (Fsp3) is 0.227. The lowest BCUT2D eigenvalue weighted by Crippen LogP contribution is -2.40. The molecule has 2 amide bonds. The summed E-state index contributed by atoms with van der Waals surface area (Å²) in [4.78, 5) is 28.8. The standard InChI is InChI=1S/C22H20F3N3O3/c1-2-28(21(30)22(23,24)25)13-15-7-6-10-17(11-15)26-19(29)12-18-14-31-20(27-18)16-8-4-3-5-9-16/h3-11,14H,2,12-13H2,1H3,(H,26,29). The molecule has 6 nitrogen and oxygen atoms in total. The van der Waals surface area contributed by atoms with Crippen LogP contribution >= 0.6 is 0 Å². The zero-order valence-electron chi connectivity index (χ0n) is 16.6. The number of aromatic nitrogens is 1. The zero-order valence-corrected chi connectivity index (χ0v) is 16.6. The lowest BCUT2D eigenvalue weighted by atomic mass is 10.1. The van der Waals surface area contributed by atoms with E-state index in [4.69, 9.17) is 4.42 Å². The van der Waals surface area contributed by atoms with Gasteiger partial charge in [-0.1, -0.05) is 30.3 Å². The van der Waals surface area contributed by atoms with Gasteiger partial charge in [-0.25, -0.2) is 4.98 Å². The molecule has 0 bridgehead atoms. The second-order valence-electron chi connectivity index (χ2n) is 6.75. The maximum absolute atomic E-state index is 12.7. The monoisotopic (exact) mass is 431 g/mol. The van der Waals surface area contributed by atoms with Crippen molar-refractivity contribution in [2.24, 2.45) is 0 Å². The van der Waals surface area contributed by atoms with Crippen molar-refractivity contribution in [2.45, 2.75) is 26.1 Å². The summed E-state index contributed by atoms with van der Waals surface area (Å²) in [6.07, 6.45) is -3.56. The normalized spacial score (nSPS) is 11.2. The van der Waals surface area contributed by atoms with Crippen molar-refractivity contribution in [1.29, 1.82) is 0 Å². The van der Waals surface area contributed by atoms with Crippen LogP contribution in [0.2, 0.25) is 0 Å². The van der Waals surface area contributed by atoms with E-state index in [1.165, 1.54) is 19.3 Å². The van der Waals surface area contributed by atoms with Crippen LogP contribution in [0.15, 0.2) is 65.3 Å². The second-order valence-corrected chi connectivity index (χ2v) is 6.75. The van der Waals surface area contributed by atoms with Crippen LogP contribution in [0.4, 0.5) is 18.9 Å². The lowest BCUT2D eigenvalue weighted by Gasteiger charge is -2.22. The van der Waals surface area contributed by atoms with Crippen molar-refractivity contribution in [3.8, 4) is 11.5 Å². The zero-order chi connectivity index (χ0) is 22.4. The van der Waals surface area contributed by atoms with Crippen molar-refractivity contribution in [1.82, 2.24) is 9.88 Å². The lowest BCUT2D eigenvalue weighted by molar-refractivity contribution is -0.185. The van der Waals surface area contributed by atoms with E-state index in [1.54, 1.807) is 18.2 Å². The van der Waals surface area contributed by atoms with E-state index >= 15 is 0 Å². The molecule has 1 N–H and O–H groups in total. The Morgan fingerprint density at radius 2 is 1.84 bits per heavy atom. The van der Waals surface area contributed by atoms with E-state index in [1.807, 2.05) is 30.3 Å². The Labute approximate surface area is 176 Å². The summed E-state index contributed by atoms with van der Waals surface area (Å²) in [6.45, 7) is 1.16. The number of rotatable bonds is 7. The number of nitrogens with one attached hydrogen (secondary N) is 1. The first kappa shape index (κ1) is 22.1. The molecule has 2 aromatic carbocycles. The third-order valence-electron chi connectivity index (χ3n) is 4.41.